The first-order valence-electron chi connectivity index (χ1n) is 9.13. The van der Waals surface area contributed by atoms with Gasteiger partial charge in [0.2, 0.25) is 15.9 Å². The Morgan fingerprint density at radius 1 is 1.21 bits per heavy atom. The molecule has 2 N–H and O–H groups in total. The number of ketones is 1. The third-order valence-corrected chi connectivity index (χ3v) is 7.10. The molecule has 0 saturated carbocycles. The molecule has 0 spiro atoms. The average Bonchev–Trinajstić information content (AvgIpc) is 3.01. The van der Waals surface area contributed by atoms with Crippen LogP contribution in [0, 0.1) is 19.8 Å². The van der Waals surface area contributed by atoms with Gasteiger partial charge in [-0.15, -0.1) is 0 Å². The molecule has 1 aliphatic rings. The second-order valence-electron chi connectivity index (χ2n) is 7.09. The summed E-state index contributed by atoms with van der Waals surface area (Å²) < 4.78 is 27.4. The first kappa shape index (κ1) is 20.2. The fraction of sp³-hybridized carbons (Fsp3) is 0.421. The zero-order chi connectivity index (χ0) is 20.5. The van der Waals surface area contributed by atoms with Crippen LogP contribution < -0.4 is 5.32 Å². The van der Waals surface area contributed by atoms with E-state index in [-0.39, 0.29) is 23.1 Å². The Labute approximate surface area is 164 Å². The first-order valence-corrected chi connectivity index (χ1v) is 10.6. The van der Waals surface area contributed by atoms with Crippen molar-refractivity contribution in [3.8, 4) is 0 Å². The number of aromatic amines is 1. The third-order valence-electron chi connectivity index (χ3n) is 4.97. The molecule has 1 atom stereocenters. The number of sulfonamides is 1. The summed E-state index contributed by atoms with van der Waals surface area (Å²) in [4.78, 5) is 24.2. The molecule has 2 heterocycles. The van der Waals surface area contributed by atoms with Crippen LogP contribution in [0.5, 0.6) is 0 Å². The maximum atomic E-state index is 13.0. The molecular formula is C19H24N4O4S. The summed E-state index contributed by atoms with van der Waals surface area (Å²) in [6, 6.07) is 6.65. The highest BCUT2D eigenvalue weighted by atomic mass is 32.2. The summed E-state index contributed by atoms with van der Waals surface area (Å²) in [7, 11) is -3.71. The van der Waals surface area contributed by atoms with E-state index < -0.39 is 15.9 Å². The third kappa shape index (κ3) is 4.00. The van der Waals surface area contributed by atoms with Gasteiger partial charge < -0.3 is 5.32 Å². The highest BCUT2D eigenvalue weighted by Crippen LogP contribution is 2.27. The molecule has 0 aliphatic carbocycles. The largest absolute Gasteiger partial charge is 0.326 e. The van der Waals surface area contributed by atoms with Crippen LogP contribution in [0.2, 0.25) is 0 Å². The molecule has 0 radical (unpaired) electrons. The Morgan fingerprint density at radius 2 is 1.89 bits per heavy atom. The number of carbonyl (C=O) groups excluding carboxylic acids is 2. The normalized spacial score (nSPS) is 18.0. The van der Waals surface area contributed by atoms with Crippen molar-refractivity contribution in [2.24, 2.45) is 5.92 Å². The number of rotatable bonds is 5. The topological polar surface area (TPSA) is 112 Å². The summed E-state index contributed by atoms with van der Waals surface area (Å²) in [5, 5.41) is 9.49. The predicted molar refractivity (Wildman–Crippen MR) is 105 cm³/mol. The van der Waals surface area contributed by atoms with Gasteiger partial charge in [-0.1, -0.05) is 0 Å². The highest BCUT2D eigenvalue weighted by molar-refractivity contribution is 7.89. The fourth-order valence-electron chi connectivity index (χ4n) is 3.46. The molecule has 0 bridgehead atoms. The maximum Gasteiger partial charge on any atom is 0.246 e. The molecule has 28 heavy (non-hydrogen) atoms. The first-order chi connectivity index (χ1) is 13.2. The van der Waals surface area contributed by atoms with Crippen molar-refractivity contribution in [3.05, 3.63) is 41.2 Å². The van der Waals surface area contributed by atoms with Crippen LogP contribution in [0.1, 0.15) is 41.5 Å². The molecule has 150 valence electrons. The van der Waals surface area contributed by atoms with Gasteiger partial charge in [0.05, 0.1) is 17.3 Å². The van der Waals surface area contributed by atoms with E-state index in [2.05, 4.69) is 15.5 Å². The highest BCUT2D eigenvalue weighted by Gasteiger charge is 2.35. The maximum absolute atomic E-state index is 13.0. The number of carbonyl (C=O) groups is 2. The molecule has 1 aliphatic heterocycles. The van der Waals surface area contributed by atoms with E-state index in [0.29, 0.717) is 42.0 Å². The minimum Gasteiger partial charge on any atom is -0.326 e. The number of anilines is 1. The zero-order valence-electron chi connectivity index (χ0n) is 16.2. The van der Waals surface area contributed by atoms with Gasteiger partial charge in [-0.25, -0.2) is 8.42 Å². The second kappa shape index (κ2) is 7.84. The van der Waals surface area contributed by atoms with Crippen molar-refractivity contribution in [1.29, 1.82) is 0 Å². The molecule has 9 heteroatoms. The molecule has 1 saturated heterocycles. The van der Waals surface area contributed by atoms with Crippen LogP contribution in [0.4, 0.5) is 5.69 Å². The van der Waals surface area contributed by atoms with Crippen molar-refractivity contribution in [3.63, 3.8) is 0 Å². The van der Waals surface area contributed by atoms with Gasteiger partial charge in [0.15, 0.2) is 5.78 Å². The van der Waals surface area contributed by atoms with Crippen molar-refractivity contribution in [2.45, 2.75) is 38.5 Å². The molecule has 1 aromatic heterocycles. The summed E-state index contributed by atoms with van der Waals surface area (Å²) in [6.07, 6.45) is 1.23. The van der Waals surface area contributed by atoms with Gasteiger partial charge >= 0.3 is 0 Å². The van der Waals surface area contributed by atoms with Crippen LogP contribution >= 0.6 is 0 Å². The standard InChI is InChI=1S/C19H24N4O4S/c1-12-18(13(2)22-21-12)28(26,27)23-10-4-5-16(11-23)19(25)20-17-8-6-15(7-9-17)14(3)24/h6-9,16H,4-5,10-11H2,1-3H3,(H,20,25)(H,21,22). The van der Waals surface area contributed by atoms with E-state index in [1.54, 1.807) is 38.1 Å². The Bertz CT molecular complexity index is 976. The number of benzene rings is 1. The van der Waals surface area contributed by atoms with Crippen molar-refractivity contribution >= 4 is 27.4 Å². The average molecular weight is 404 g/mol. The smallest absolute Gasteiger partial charge is 0.246 e. The lowest BCUT2D eigenvalue weighted by molar-refractivity contribution is -0.120. The monoisotopic (exact) mass is 404 g/mol. The minimum atomic E-state index is -3.71. The number of amides is 1. The Morgan fingerprint density at radius 3 is 2.46 bits per heavy atom. The summed E-state index contributed by atoms with van der Waals surface area (Å²) in [6.45, 7) is 5.31. The van der Waals surface area contributed by atoms with Crippen molar-refractivity contribution < 1.29 is 18.0 Å². The number of piperidine rings is 1. The number of H-pyrrole nitrogens is 1. The lowest BCUT2D eigenvalue weighted by Gasteiger charge is -2.31. The van der Waals surface area contributed by atoms with E-state index >= 15 is 0 Å². The second-order valence-corrected chi connectivity index (χ2v) is 8.96. The number of aromatic nitrogens is 2. The molecule has 1 amide bonds. The quantitative estimate of drug-likeness (QED) is 0.743. The van der Waals surface area contributed by atoms with Gasteiger partial charge in [0.1, 0.15) is 4.90 Å². The van der Waals surface area contributed by atoms with Crippen LogP contribution in [-0.2, 0) is 14.8 Å². The van der Waals surface area contributed by atoms with E-state index in [1.165, 1.54) is 11.2 Å². The van der Waals surface area contributed by atoms with E-state index in [4.69, 9.17) is 0 Å². The molecule has 1 fully saturated rings. The molecule has 1 unspecified atom stereocenters. The predicted octanol–water partition coefficient (Wildman–Crippen LogP) is 2.27. The van der Waals surface area contributed by atoms with Crippen LogP contribution in [0.25, 0.3) is 0 Å². The summed E-state index contributed by atoms with van der Waals surface area (Å²) in [5.74, 6) is -0.713. The summed E-state index contributed by atoms with van der Waals surface area (Å²) >= 11 is 0. The number of hydrogen-bond donors (Lipinski definition) is 2. The Balaban J connectivity index is 1.72. The van der Waals surface area contributed by atoms with Crippen LogP contribution in [0.3, 0.4) is 0 Å². The van der Waals surface area contributed by atoms with Gasteiger partial charge in [-0.3, -0.25) is 14.7 Å². The number of hydrogen-bond acceptors (Lipinski definition) is 5. The molecule has 8 nitrogen and oxygen atoms in total. The molecule has 3 rings (SSSR count). The van der Waals surface area contributed by atoms with E-state index in [9.17, 15) is 18.0 Å². The van der Waals surface area contributed by atoms with Gasteiger partial charge in [-0.2, -0.15) is 9.40 Å². The Hall–Kier alpha value is -2.52. The number of nitrogens with zero attached hydrogens (tertiary/aromatic N) is 2. The number of aryl methyl sites for hydroxylation is 2. The van der Waals surface area contributed by atoms with Crippen molar-refractivity contribution in [2.75, 3.05) is 18.4 Å². The van der Waals surface area contributed by atoms with Gasteiger partial charge in [-0.05, 0) is 57.9 Å². The van der Waals surface area contributed by atoms with E-state index in [1.807, 2.05) is 0 Å². The molecule has 1 aromatic carbocycles. The minimum absolute atomic E-state index is 0.0455. The number of nitrogens with one attached hydrogen (secondary N) is 2. The van der Waals surface area contributed by atoms with E-state index in [0.717, 1.165) is 0 Å². The fourth-order valence-corrected chi connectivity index (χ4v) is 5.31. The van der Waals surface area contributed by atoms with Crippen molar-refractivity contribution in [1.82, 2.24) is 14.5 Å². The number of Topliss-reactive ketones (excluding diaryl/α,β-unsaturated/α-hetero) is 1. The summed E-state index contributed by atoms with van der Waals surface area (Å²) in [5.41, 5.74) is 2.07. The molecular weight excluding hydrogens is 380 g/mol. The van der Waals surface area contributed by atoms with Crippen LogP contribution in [0.15, 0.2) is 29.2 Å². The lowest BCUT2D eigenvalue weighted by atomic mass is 9.98. The van der Waals surface area contributed by atoms with Gasteiger partial charge in [0, 0.05) is 24.3 Å². The van der Waals surface area contributed by atoms with Crippen LogP contribution in [-0.4, -0.2) is 47.7 Å². The zero-order valence-corrected chi connectivity index (χ0v) is 17.0. The van der Waals surface area contributed by atoms with Gasteiger partial charge in [0.25, 0.3) is 0 Å². The molecule has 2 aromatic rings. The Kier molecular flexibility index (Phi) is 5.66. The lowest BCUT2D eigenvalue weighted by Crippen LogP contribution is -2.43. The SMILES string of the molecule is CC(=O)c1ccc(NC(=O)C2CCCN(S(=O)(=O)c3c(C)n[nH]c3C)C2)cc1.